The summed E-state index contributed by atoms with van der Waals surface area (Å²) in [6, 6.07) is 3.89. The molecule has 0 spiro atoms. The Morgan fingerprint density at radius 1 is 1.32 bits per heavy atom. The van der Waals surface area contributed by atoms with Crippen molar-refractivity contribution in [1.82, 2.24) is 20.4 Å². The highest BCUT2D eigenvalue weighted by Crippen LogP contribution is 2.30. The van der Waals surface area contributed by atoms with Gasteiger partial charge in [0.2, 0.25) is 0 Å². The molecule has 0 radical (unpaired) electrons. The molecule has 1 aliphatic heterocycles. The summed E-state index contributed by atoms with van der Waals surface area (Å²) in [6.45, 7) is 10.7. The number of rotatable bonds is 4. The van der Waals surface area contributed by atoms with Crippen LogP contribution in [0.4, 0.5) is 0 Å². The summed E-state index contributed by atoms with van der Waals surface area (Å²) in [6.07, 6.45) is 2.08. The Hall–Kier alpha value is -2.67. The first-order valence-electron chi connectivity index (χ1n) is 9.84. The summed E-state index contributed by atoms with van der Waals surface area (Å²) < 4.78 is 11.0. The van der Waals surface area contributed by atoms with Gasteiger partial charge in [0.15, 0.2) is 0 Å². The topological polar surface area (TPSA) is 84.4 Å². The second-order valence-electron chi connectivity index (χ2n) is 7.54. The van der Waals surface area contributed by atoms with Gasteiger partial charge in [-0.15, -0.1) is 0 Å². The van der Waals surface area contributed by atoms with Crippen molar-refractivity contribution in [3.8, 4) is 11.3 Å². The van der Waals surface area contributed by atoms with E-state index in [0.29, 0.717) is 28.1 Å². The molecule has 7 nitrogen and oxygen atoms in total. The fourth-order valence-corrected chi connectivity index (χ4v) is 4.02. The maximum atomic E-state index is 13.2. The van der Waals surface area contributed by atoms with Crippen molar-refractivity contribution in [2.75, 3.05) is 19.6 Å². The van der Waals surface area contributed by atoms with Gasteiger partial charge in [-0.05, 0) is 58.8 Å². The van der Waals surface area contributed by atoms with Crippen LogP contribution < -0.4 is 5.32 Å². The van der Waals surface area contributed by atoms with Crippen molar-refractivity contribution >= 4 is 17.0 Å². The predicted molar refractivity (Wildman–Crippen MR) is 106 cm³/mol. The third-order valence-electron chi connectivity index (χ3n) is 5.47. The number of aromatic nitrogens is 2. The molecule has 3 aromatic rings. The zero-order valence-electron chi connectivity index (χ0n) is 16.8. The van der Waals surface area contributed by atoms with Crippen molar-refractivity contribution in [3.63, 3.8) is 0 Å². The standard InChI is InChI=1S/C21H26N4O3/c1-5-25-8-6-7-15(11-25)22-20(26)17-10-18(16-9-12(2)27-14(16)4)23-21-19(17)13(3)24-28-21/h9-10,15H,5-8,11H2,1-4H3,(H,22,26). The first kappa shape index (κ1) is 18.7. The summed E-state index contributed by atoms with van der Waals surface area (Å²) in [5, 5.41) is 7.90. The number of piperidine rings is 1. The van der Waals surface area contributed by atoms with Gasteiger partial charge in [0.05, 0.1) is 22.3 Å². The lowest BCUT2D eigenvalue weighted by Gasteiger charge is -2.32. The molecule has 4 heterocycles. The summed E-state index contributed by atoms with van der Waals surface area (Å²) in [5.74, 6) is 1.45. The predicted octanol–water partition coefficient (Wildman–Crippen LogP) is 3.62. The molecule has 1 unspecified atom stereocenters. The first-order valence-corrected chi connectivity index (χ1v) is 9.84. The molecular weight excluding hydrogens is 356 g/mol. The highest BCUT2D eigenvalue weighted by molar-refractivity contribution is 6.07. The van der Waals surface area contributed by atoms with Gasteiger partial charge in [0, 0.05) is 18.2 Å². The van der Waals surface area contributed by atoms with Gasteiger partial charge in [-0.1, -0.05) is 12.1 Å². The number of fused-ring (bicyclic) bond motifs is 1. The van der Waals surface area contributed by atoms with Crippen LogP contribution in [-0.2, 0) is 0 Å². The number of furan rings is 1. The molecule has 0 bridgehead atoms. The SMILES string of the molecule is CCN1CCCC(NC(=O)c2cc(-c3cc(C)oc3C)nc3onc(C)c23)C1. The van der Waals surface area contributed by atoms with Crippen LogP contribution in [0.25, 0.3) is 22.4 Å². The molecule has 0 aliphatic carbocycles. The van der Waals surface area contributed by atoms with Crippen LogP contribution in [0.1, 0.15) is 47.3 Å². The van der Waals surface area contributed by atoms with E-state index in [4.69, 9.17) is 8.94 Å². The zero-order valence-corrected chi connectivity index (χ0v) is 16.8. The Morgan fingerprint density at radius 2 is 2.14 bits per heavy atom. The van der Waals surface area contributed by atoms with E-state index in [1.54, 1.807) is 0 Å². The van der Waals surface area contributed by atoms with Crippen molar-refractivity contribution in [3.05, 3.63) is 34.9 Å². The monoisotopic (exact) mass is 382 g/mol. The fraction of sp³-hybridized carbons (Fsp3) is 0.476. The van der Waals surface area contributed by atoms with Gasteiger partial charge in [-0.3, -0.25) is 4.79 Å². The smallest absolute Gasteiger partial charge is 0.259 e. The van der Waals surface area contributed by atoms with Crippen LogP contribution in [0, 0.1) is 20.8 Å². The number of aryl methyl sites for hydroxylation is 3. The molecule has 0 saturated carbocycles. The fourth-order valence-electron chi connectivity index (χ4n) is 4.02. The first-order chi connectivity index (χ1) is 13.5. The average Bonchev–Trinajstić information content (AvgIpc) is 3.22. The number of hydrogen-bond acceptors (Lipinski definition) is 6. The molecule has 1 fully saturated rings. The summed E-state index contributed by atoms with van der Waals surface area (Å²) in [4.78, 5) is 20.1. The number of pyridine rings is 1. The summed E-state index contributed by atoms with van der Waals surface area (Å²) in [5.41, 5.74) is 3.10. The van der Waals surface area contributed by atoms with E-state index >= 15 is 0 Å². The van der Waals surface area contributed by atoms with Gasteiger partial charge >= 0.3 is 0 Å². The quantitative estimate of drug-likeness (QED) is 0.742. The van der Waals surface area contributed by atoms with E-state index in [2.05, 4.69) is 27.3 Å². The van der Waals surface area contributed by atoms with Gasteiger partial charge in [-0.25, -0.2) is 4.98 Å². The lowest BCUT2D eigenvalue weighted by atomic mass is 10.0. The molecule has 148 valence electrons. The van der Waals surface area contributed by atoms with Gasteiger partial charge < -0.3 is 19.2 Å². The number of likely N-dealkylation sites (N-methyl/N-ethyl adjacent to an activating group) is 1. The van der Waals surface area contributed by atoms with Crippen LogP contribution in [0.3, 0.4) is 0 Å². The molecule has 1 saturated heterocycles. The van der Waals surface area contributed by atoms with Crippen molar-refractivity contribution < 1.29 is 13.7 Å². The summed E-state index contributed by atoms with van der Waals surface area (Å²) >= 11 is 0. The molecule has 1 N–H and O–H groups in total. The number of nitrogens with zero attached hydrogens (tertiary/aromatic N) is 3. The lowest BCUT2D eigenvalue weighted by molar-refractivity contribution is 0.0907. The summed E-state index contributed by atoms with van der Waals surface area (Å²) in [7, 11) is 0. The van der Waals surface area contributed by atoms with Gasteiger partial charge in [0.25, 0.3) is 11.6 Å². The van der Waals surface area contributed by atoms with Crippen LogP contribution in [0.5, 0.6) is 0 Å². The Kier molecular flexibility index (Phi) is 4.93. The normalized spacial score (nSPS) is 17.9. The number of nitrogens with one attached hydrogen (secondary N) is 1. The van der Waals surface area contributed by atoms with Crippen LogP contribution in [0.15, 0.2) is 21.1 Å². The van der Waals surface area contributed by atoms with Crippen LogP contribution in [0.2, 0.25) is 0 Å². The highest BCUT2D eigenvalue weighted by atomic mass is 16.5. The minimum atomic E-state index is -0.110. The Balaban J connectivity index is 1.71. The second-order valence-corrected chi connectivity index (χ2v) is 7.54. The van der Waals surface area contributed by atoms with E-state index in [1.165, 1.54) is 0 Å². The molecule has 7 heteroatoms. The minimum Gasteiger partial charge on any atom is -0.466 e. The van der Waals surface area contributed by atoms with Crippen LogP contribution >= 0.6 is 0 Å². The van der Waals surface area contributed by atoms with Gasteiger partial charge in [0.1, 0.15) is 11.5 Å². The average molecular weight is 382 g/mol. The maximum Gasteiger partial charge on any atom is 0.259 e. The van der Waals surface area contributed by atoms with E-state index in [0.717, 1.165) is 49.6 Å². The highest BCUT2D eigenvalue weighted by Gasteiger charge is 2.25. The Morgan fingerprint density at radius 3 is 2.86 bits per heavy atom. The Bertz CT molecular complexity index is 1020. The second kappa shape index (κ2) is 7.39. The van der Waals surface area contributed by atoms with E-state index in [9.17, 15) is 4.79 Å². The molecule has 1 aliphatic rings. The molecule has 0 aromatic carbocycles. The molecule has 1 amide bonds. The van der Waals surface area contributed by atoms with Gasteiger partial charge in [-0.2, -0.15) is 0 Å². The van der Waals surface area contributed by atoms with Crippen LogP contribution in [-0.4, -0.2) is 46.6 Å². The van der Waals surface area contributed by atoms with E-state index < -0.39 is 0 Å². The zero-order chi connectivity index (χ0) is 19.8. The number of amides is 1. The van der Waals surface area contributed by atoms with Crippen molar-refractivity contribution in [2.24, 2.45) is 0 Å². The largest absolute Gasteiger partial charge is 0.466 e. The van der Waals surface area contributed by atoms with Crippen molar-refractivity contribution in [2.45, 2.75) is 46.6 Å². The molecule has 4 rings (SSSR count). The third-order valence-corrected chi connectivity index (χ3v) is 5.47. The number of carbonyl (C=O) groups is 1. The molecule has 28 heavy (non-hydrogen) atoms. The van der Waals surface area contributed by atoms with E-state index in [-0.39, 0.29) is 11.9 Å². The molecule has 3 aromatic heterocycles. The lowest BCUT2D eigenvalue weighted by Crippen LogP contribution is -2.47. The van der Waals surface area contributed by atoms with E-state index in [1.807, 2.05) is 32.9 Å². The number of carbonyl (C=O) groups excluding carboxylic acids is 1. The number of hydrogen-bond donors (Lipinski definition) is 1. The molecule has 1 atom stereocenters. The van der Waals surface area contributed by atoms with Crippen molar-refractivity contribution in [1.29, 1.82) is 0 Å². The minimum absolute atomic E-state index is 0.110. The third kappa shape index (κ3) is 3.42. The Labute approximate surface area is 164 Å². The maximum absolute atomic E-state index is 13.2. The number of likely N-dealkylation sites (tertiary alicyclic amines) is 1. The molecular formula is C21H26N4O3.